The molecular formula is C18H22N4O2S. The second-order valence-electron chi connectivity index (χ2n) is 6.81. The molecule has 2 saturated heterocycles. The standard InChI is InChI=1S/C18H22N4O2S/c1-12-21-16(11-25-12)18(23)20-6-14-10-24-17-9-22(8-15(14)17)7-13-3-2-4-19-5-13/h2-5,11,14-15,17H,6-10H2,1H3,(H,20,23)/t14-,15+,17+/m1/s1. The molecule has 1 amide bonds. The summed E-state index contributed by atoms with van der Waals surface area (Å²) in [4.78, 5) is 23.0. The van der Waals surface area contributed by atoms with Gasteiger partial charge in [-0.15, -0.1) is 11.3 Å². The number of carbonyl (C=O) groups excluding carboxylic acids is 1. The molecule has 4 heterocycles. The van der Waals surface area contributed by atoms with E-state index in [2.05, 4.69) is 26.3 Å². The van der Waals surface area contributed by atoms with E-state index in [1.807, 2.05) is 24.6 Å². The van der Waals surface area contributed by atoms with Gasteiger partial charge in [-0.05, 0) is 18.6 Å². The topological polar surface area (TPSA) is 67.3 Å². The number of thiazole rings is 1. The maximum atomic E-state index is 12.2. The quantitative estimate of drug-likeness (QED) is 0.882. The highest BCUT2D eigenvalue weighted by molar-refractivity contribution is 7.09. The van der Waals surface area contributed by atoms with Crippen molar-refractivity contribution in [3.8, 4) is 0 Å². The highest BCUT2D eigenvalue weighted by atomic mass is 32.1. The van der Waals surface area contributed by atoms with Crippen molar-refractivity contribution < 1.29 is 9.53 Å². The molecule has 132 valence electrons. The maximum absolute atomic E-state index is 12.2. The van der Waals surface area contributed by atoms with Crippen molar-refractivity contribution in [3.63, 3.8) is 0 Å². The number of aryl methyl sites for hydroxylation is 1. The summed E-state index contributed by atoms with van der Waals surface area (Å²) in [6, 6.07) is 4.08. The van der Waals surface area contributed by atoms with Crippen molar-refractivity contribution in [2.24, 2.45) is 11.8 Å². The number of ether oxygens (including phenoxy) is 1. The Morgan fingerprint density at radius 3 is 3.16 bits per heavy atom. The lowest BCUT2D eigenvalue weighted by atomic mass is 9.93. The highest BCUT2D eigenvalue weighted by Gasteiger charge is 2.43. The van der Waals surface area contributed by atoms with E-state index >= 15 is 0 Å². The van der Waals surface area contributed by atoms with Crippen molar-refractivity contribution in [2.45, 2.75) is 19.6 Å². The number of likely N-dealkylation sites (tertiary alicyclic amines) is 1. The predicted molar refractivity (Wildman–Crippen MR) is 95.4 cm³/mol. The number of nitrogens with one attached hydrogen (secondary N) is 1. The van der Waals surface area contributed by atoms with Crippen LogP contribution < -0.4 is 5.32 Å². The first-order valence-electron chi connectivity index (χ1n) is 8.62. The summed E-state index contributed by atoms with van der Waals surface area (Å²) in [7, 11) is 0. The minimum atomic E-state index is -0.0852. The fraction of sp³-hybridized carbons (Fsp3) is 0.500. The molecular weight excluding hydrogens is 336 g/mol. The van der Waals surface area contributed by atoms with Crippen LogP contribution in [-0.2, 0) is 11.3 Å². The Kier molecular flexibility index (Phi) is 4.78. The van der Waals surface area contributed by atoms with E-state index in [1.165, 1.54) is 16.9 Å². The Balaban J connectivity index is 1.30. The van der Waals surface area contributed by atoms with E-state index in [1.54, 1.807) is 6.20 Å². The van der Waals surface area contributed by atoms with Gasteiger partial charge in [0, 0.05) is 55.8 Å². The lowest BCUT2D eigenvalue weighted by Crippen LogP contribution is -2.34. The van der Waals surface area contributed by atoms with Gasteiger partial charge in [-0.25, -0.2) is 4.98 Å². The number of pyridine rings is 1. The molecule has 25 heavy (non-hydrogen) atoms. The lowest BCUT2D eigenvalue weighted by Gasteiger charge is -2.19. The summed E-state index contributed by atoms with van der Waals surface area (Å²) >= 11 is 1.50. The number of nitrogens with zero attached hydrogens (tertiary/aromatic N) is 3. The van der Waals surface area contributed by atoms with Crippen LogP contribution in [-0.4, -0.2) is 53.1 Å². The zero-order valence-corrected chi connectivity index (χ0v) is 15.0. The Bertz CT molecular complexity index is 736. The molecule has 0 bridgehead atoms. The van der Waals surface area contributed by atoms with Crippen molar-refractivity contribution in [1.29, 1.82) is 0 Å². The van der Waals surface area contributed by atoms with Gasteiger partial charge in [0.1, 0.15) is 5.69 Å². The van der Waals surface area contributed by atoms with Crippen LogP contribution in [0.5, 0.6) is 0 Å². The molecule has 0 unspecified atom stereocenters. The van der Waals surface area contributed by atoms with Crippen molar-refractivity contribution in [2.75, 3.05) is 26.2 Å². The van der Waals surface area contributed by atoms with E-state index in [0.29, 0.717) is 24.1 Å². The first-order chi connectivity index (χ1) is 12.2. The van der Waals surface area contributed by atoms with E-state index in [9.17, 15) is 4.79 Å². The van der Waals surface area contributed by atoms with Crippen molar-refractivity contribution in [1.82, 2.24) is 20.2 Å². The average Bonchev–Trinajstić information content (AvgIpc) is 3.30. The van der Waals surface area contributed by atoms with Gasteiger partial charge >= 0.3 is 0 Å². The average molecular weight is 358 g/mol. The van der Waals surface area contributed by atoms with E-state index < -0.39 is 0 Å². The van der Waals surface area contributed by atoms with Gasteiger partial charge in [-0.2, -0.15) is 0 Å². The highest BCUT2D eigenvalue weighted by Crippen LogP contribution is 2.34. The molecule has 0 aromatic carbocycles. The summed E-state index contributed by atoms with van der Waals surface area (Å²) in [5.74, 6) is 0.764. The van der Waals surface area contributed by atoms with Crippen LogP contribution in [0.15, 0.2) is 29.9 Å². The first-order valence-corrected chi connectivity index (χ1v) is 9.50. The molecule has 1 N–H and O–H groups in total. The van der Waals surface area contributed by atoms with E-state index in [4.69, 9.17) is 4.74 Å². The van der Waals surface area contributed by atoms with Crippen molar-refractivity contribution >= 4 is 17.2 Å². The molecule has 7 heteroatoms. The number of aromatic nitrogens is 2. The number of fused-ring (bicyclic) bond motifs is 1. The number of hydrogen-bond donors (Lipinski definition) is 1. The smallest absolute Gasteiger partial charge is 0.270 e. The van der Waals surface area contributed by atoms with Crippen molar-refractivity contribution in [3.05, 3.63) is 46.2 Å². The van der Waals surface area contributed by atoms with Crippen LogP contribution in [0.3, 0.4) is 0 Å². The zero-order valence-electron chi connectivity index (χ0n) is 14.2. The minimum Gasteiger partial charge on any atom is -0.376 e. The fourth-order valence-corrected chi connectivity index (χ4v) is 4.34. The molecule has 6 nitrogen and oxygen atoms in total. The van der Waals surface area contributed by atoms with Crippen LogP contribution in [0.25, 0.3) is 0 Å². The summed E-state index contributed by atoms with van der Waals surface area (Å²) in [5.41, 5.74) is 1.74. The summed E-state index contributed by atoms with van der Waals surface area (Å²) in [5, 5.41) is 5.75. The second kappa shape index (κ2) is 7.19. The fourth-order valence-electron chi connectivity index (χ4n) is 3.75. The molecule has 0 saturated carbocycles. The molecule has 2 aromatic rings. The minimum absolute atomic E-state index is 0.0852. The zero-order chi connectivity index (χ0) is 17.2. The van der Waals surface area contributed by atoms with Gasteiger partial charge in [0.15, 0.2) is 0 Å². The Morgan fingerprint density at radius 1 is 1.48 bits per heavy atom. The third-order valence-electron chi connectivity index (χ3n) is 5.02. The van der Waals surface area contributed by atoms with Gasteiger partial charge in [0.25, 0.3) is 5.91 Å². The molecule has 2 aliphatic heterocycles. The normalized spacial score (nSPS) is 25.9. The van der Waals surface area contributed by atoms with E-state index in [0.717, 1.165) is 31.2 Å². The number of amides is 1. The molecule has 2 aliphatic rings. The Hall–Kier alpha value is -1.83. The van der Waals surface area contributed by atoms with Gasteiger partial charge < -0.3 is 10.1 Å². The molecule has 2 aromatic heterocycles. The number of hydrogen-bond acceptors (Lipinski definition) is 6. The Labute approximate surface area is 151 Å². The predicted octanol–water partition coefficient (Wildman–Crippen LogP) is 1.72. The first kappa shape index (κ1) is 16.6. The summed E-state index contributed by atoms with van der Waals surface area (Å²) < 4.78 is 5.98. The van der Waals surface area contributed by atoms with Crippen LogP contribution in [0.1, 0.15) is 21.1 Å². The van der Waals surface area contributed by atoms with Crippen LogP contribution in [0, 0.1) is 18.8 Å². The monoisotopic (exact) mass is 358 g/mol. The maximum Gasteiger partial charge on any atom is 0.270 e. The summed E-state index contributed by atoms with van der Waals surface area (Å²) in [6.07, 6.45) is 4.00. The SMILES string of the molecule is Cc1nc(C(=O)NC[C@@H]2CO[C@H]3CN(Cc4cccnc4)C[C@@H]23)cs1. The molecule has 3 atom stereocenters. The molecule has 4 rings (SSSR count). The molecule has 0 spiro atoms. The van der Waals surface area contributed by atoms with Crippen LogP contribution >= 0.6 is 11.3 Å². The van der Waals surface area contributed by atoms with E-state index in [-0.39, 0.29) is 12.0 Å². The number of rotatable bonds is 5. The Morgan fingerprint density at radius 2 is 2.40 bits per heavy atom. The molecule has 2 fully saturated rings. The summed E-state index contributed by atoms with van der Waals surface area (Å²) in [6.45, 7) is 6.16. The number of carbonyl (C=O) groups is 1. The van der Waals surface area contributed by atoms with Gasteiger partial charge in [0.05, 0.1) is 17.7 Å². The lowest BCUT2D eigenvalue weighted by molar-refractivity contribution is 0.0901. The molecule has 0 aliphatic carbocycles. The largest absolute Gasteiger partial charge is 0.376 e. The molecule has 0 radical (unpaired) electrons. The third kappa shape index (κ3) is 3.73. The van der Waals surface area contributed by atoms with Gasteiger partial charge in [-0.1, -0.05) is 6.07 Å². The third-order valence-corrected chi connectivity index (χ3v) is 5.79. The van der Waals surface area contributed by atoms with Gasteiger partial charge in [-0.3, -0.25) is 14.7 Å². The van der Waals surface area contributed by atoms with Gasteiger partial charge in [0.2, 0.25) is 0 Å². The second-order valence-corrected chi connectivity index (χ2v) is 7.88. The van der Waals surface area contributed by atoms with Crippen LogP contribution in [0.2, 0.25) is 0 Å². The van der Waals surface area contributed by atoms with Crippen LogP contribution in [0.4, 0.5) is 0 Å².